The molecule has 4 nitrogen and oxygen atoms in total. The quantitative estimate of drug-likeness (QED) is 0.745. The second-order valence-electron chi connectivity index (χ2n) is 6.61. The van der Waals surface area contributed by atoms with Crippen LogP contribution in [0.3, 0.4) is 0 Å². The van der Waals surface area contributed by atoms with Crippen molar-refractivity contribution < 1.29 is 9.90 Å². The van der Waals surface area contributed by atoms with Crippen LogP contribution in [0.1, 0.15) is 29.5 Å². The molecule has 0 unspecified atom stereocenters. The average molecular weight is 350 g/mol. The Morgan fingerprint density at radius 2 is 2.08 bits per heavy atom. The van der Waals surface area contributed by atoms with Gasteiger partial charge < -0.3 is 10.4 Å². The number of hydrogen-bond acceptors (Lipinski definition) is 4. The Labute approximate surface area is 150 Å². The van der Waals surface area contributed by atoms with Crippen LogP contribution in [0, 0.1) is 5.41 Å². The maximum atomic E-state index is 13.2. The molecule has 0 radical (unpaired) electrons. The molecule has 1 aromatic heterocycles. The summed E-state index contributed by atoms with van der Waals surface area (Å²) in [6.45, 7) is 1.99. The summed E-state index contributed by atoms with van der Waals surface area (Å²) in [6, 6.07) is 15.4. The highest BCUT2D eigenvalue weighted by Gasteiger charge is 2.49. The Morgan fingerprint density at radius 3 is 2.80 bits per heavy atom. The molecule has 5 heteroatoms. The molecule has 2 atom stereocenters. The summed E-state index contributed by atoms with van der Waals surface area (Å²) in [7, 11) is 0. The number of phenolic OH excluding ortho intramolecular Hbond substituents is 1. The van der Waals surface area contributed by atoms with E-state index in [0.717, 1.165) is 16.7 Å². The Morgan fingerprint density at radius 1 is 1.28 bits per heavy atom. The third kappa shape index (κ3) is 2.70. The van der Waals surface area contributed by atoms with E-state index in [1.165, 1.54) is 11.3 Å². The number of nitrogens with one attached hydrogen (secondary N) is 1. The Hall–Kier alpha value is -2.66. The van der Waals surface area contributed by atoms with E-state index in [-0.39, 0.29) is 17.6 Å². The van der Waals surface area contributed by atoms with Crippen molar-refractivity contribution in [1.82, 2.24) is 4.98 Å². The fourth-order valence-corrected chi connectivity index (χ4v) is 4.31. The van der Waals surface area contributed by atoms with Crippen molar-refractivity contribution in [2.24, 2.45) is 5.41 Å². The van der Waals surface area contributed by atoms with Crippen LogP contribution in [0.15, 0.2) is 60.1 Å². The van der Waals surface area contributed by atoms with Crippen LogP contribution in [0.2, 0.25) is 0 Å². The number of phenols is 1. The van der Waals surface area contributed by atoms with E-state index in [9.17, 15) is 9.90 Å². The van der Waals surface area contributed by atoms with Crippen LogP contribution in [0.4, 0.5) is 5.13 Å². The highest BCUT2D eigenvalue weighted by Crippen LogP contribution is 2.52. The van der Waals surface area contributed by atoms with Gasteiger partial charge in [0.25, 0.3) is 0 Å². The van der Waals surface area contributed by atoms with Gasteiger partial charge in [0.05, 0.1) is 5.41 Å². The Kier molecular flexibility index (Phi) is 3.81. The van der Waals surface area contributed by atoms with Gasteiger partial charge in [0.15, 0.2) is 5.13 Å². The Bertz CT molecular complexity index is 909. The maximum absolute atomic E-state index is 13.2. The Balaban J connectivity index is 1.79. The molecule has 3 aromatic rings. The van der Waals surface area contributed by atoms with Gasteiger partial charge in [-0.1, -0.05) is 36.4 Å². The van der Waals surface area contributed by atoms with Gasteiger partial charge in [-0.15, -0.1) is 11.3 Å². The molecule has 2 aromatic carbocycles. The lowest BCUT2D eigenvalue weighted by atomic mass is 9.73. The molecule has 1 amide bonds. The van der Waals surface area contributed by atoms with Gasteiger partial charge in [-0.3, -0.25) is 4.79 Å². The molecule has 126 valence electrons. The third-order valence-corrected chi connectivity index (χ3v) is 5.63. The summed E-state index contributed by atoms with van der Waals surface area (Å²) in [5.41, 5.74) is 2.54. The van der Waals surface area contributed by atoms with Crippen molar-refractivity contribution in [2.45, 2.75) is 19.3 Å². The van der Waals surface area contributed by atoms with E-state index in [4.69, 9.17) is 0 Å². The molecular formula is C20H18N2O2S. The van der Waals surface area contributed by atoms with Gasteiger partial charge >= 0.3 is 0 Å². The fraction of sp³-hybridized carbons (Fsp3) is 0.200. The molecule has 1 aliphatic rings. The van der Waals surface area contributed by atoms with Crippen molar-refractivity contribution in [3.63, 3.8) is 0 Å². The van der Waals surface area contributed by atoms with Gasteiger partial charge in [0, 0.05) is 17.5 Å². The molecular weight excluding hydrogens is 332 g/mol. The van der Waals surface area contributed by atoms with Crippen LogP contribution in [0.5, 0.6) is 5.75 Å². The van der Waals surface area contributed by atoms with Crippen LogP contribution >= 0.6 is 11.3 Å². The number of aromatic hydroxyl groups is 1. The summed E-state index contributed by atoms with van der Waals surface area (Å²) in [6.07, 6.45) is 2.30. The van der Waals surface area contributed by atoms with Gasteiger partial charge in [-0.25, -0.2) is 4.98 Å². The van der Waals surface area contributed by atoms with Crippen LogP contribution < -0.4 is 5.32 Å². The number of fused-ring (bicyclic) bond motifs is 1. The molecule has 4 rings (SSSR count). The summed E-state index contributed by atoms with van der Waals surface area (Å²) in [5, 5.41) is 15.4. The van der Waals surface area contributed by atoms with Crippen molar-refractivity contribution >= 4 is 22.4 Å². The number of carbonyl (C=O) groups is 1. The highest BCUT2D eigenvalue weighted by atomic mass is 32.1. The molecule has 0 fully saturated rings. The number of nitrogens with zero attached hydrogens (tertiary/aromatic N) is 1. The molecule has 2 N–H and O–H groups in total. The number of anilines is 1. The lowest BCUT2D eigenvalue weighted by Crippen LogP contribution is -2.37. The topological polar surface area (TPSA) is 62.2 Å². The summed E-state index contributed by atoms with van der Waals surface area (Å²) < 4.78 is 0. The normalized spacial score (nSPS) is 21.7. The summed E-state index contributed by atoms with van der Waals surface area (Å²) in [4.78, 5) is 17.3. The van der Waals surface area contributed by atoms with Gasteiger partial charge in [-0.2, -0.15) is 0 Å². The fourth-order valence-electron chi connectivity index (χ4n) is 3.78. The van der Waals surface area contributed by atoms with Crippen LogP contribution in [0.25, 0.3) is 0 Å². The maximum Gasteiger partial charge on any atom is 0.233 e. The van der Waals surface area contributed by atoms with Crippen molar-refractivity contribution in [3.8, 4) is 5.75 Å². The van der Waals surface area contributed by atoms with E-state index < -0.39 is 5.41 Å². The molecule has 1 aliphatic carbocycles. The number of benzene rings is 2. The SMILES string of the molecule is C[C@@]1(C(=O)Nc2nccs2)Cc2ccc(O)cc2[C@@H]1c1ccccc1. The number of hydrogen-bond donors (Lipinski definition) is 2. The van der Waals surface area contributed by atoms with E-state index in [0.29, 0.717) is 11.6 Å². The van der Waals surface area contributed by atoms with E-state index in [1.54, 1.807) is 18.3 Å². The minimum absolute atomic E-state index is 0.0491. The molecule has 0 aliphatic heterocycles. The van der Waals surface area contributed by atoms with Crippen LogP contribution in [-0.4, -0.2) is 16.0 Å². The van der Waals surface area contributed by atoms with Gasteiger partial charge in [0.2, 0.25) is 5.91 Å². The zero-order valence-corrected chi connectivity index (χ0v) is 14.6. The van der Waals surface area contributed by atoms with Crippen molar-refractivity contribution in [2.75, 3.05) is 5.32 Å². The minimum atomic E-state index is -0.650. The molecule has 0 bridgehead atoms. The molecule has 0 spiro atoms. The first kappa shape index (κ1) is 15.8. The lowest BCUT2D eigenvalue weighted by molar-refractivity contribution is -0.125. The zero-order chi connectivity index (χ0) is 17.4. The number of amides is 1. The minimum Gasteiger partial charge on any atom is -0.508 e. The second kappa shape index (κ2) is 6.01. The second-order valence-corrected chi connectivity index (χ2v) is 7.51. The summed E-state index contributed by atoms with van der Waals surface area (Å²) >= 11 is 1.41. The third-order valence-electron chi connectivity index (χ3n) is 4.94. The van der Waals surface area contributed by atoms with Gasteiger partial charge in [0.1, 0.15) is 5.75 Å². The monoisotopic (exact) mass is 350 g/mol. The van der Waals surface area contributed by atoms with Crippen molar-refractivity contribution in [1.29, 1.82) is 0 Å². The molecule has 0 saturated carbocycles. The average Bonchev–Trinajstić information content (AvgIpc) is 3.21. The first-order valence-corrected chi connectivity index (χ1v) is 9.03. The van der Waals surface area contributed by atoms with E-state index in [1.807, 2.05) is 48.7 Å². The van der Waals surface area contributed by atoms with E-state index >= 15 is 0 Å². The zero-order valence-electron chi connectivity index (χ0n) is 13.8. The number of thiazole rings is 1. The highest BCUT2D eigenvalue weighted by molar-refractivity contribution is 7.13. The predicted octanol–water partition coefficient (Wildman–Crippen LogP) is 4.18. The van der Waals surface area contributed by atoms with E-state index in [2.05, 4.69) is 10.3 Å². The number of rotatable bonds is 3. The summed E-state index contributed by atoms with van der Waals surface area (Å²) in [5.74, 6) is 0.0621. The molecule has 0 saturated heterocycles. The number of carbonyl (C=O) groups excluding carboxylic acids is 1. The smallest absolute Gasteiger partial charge is 0.233 e. The largest absolute Gasteiger partial charge is 0.508 e. The predicted molar refractivity (Wildman–Crippen MR) is 98.9 cm³/mol. The lowest BCUT2D eigenvalue weighted by Gasteiger charge is -2.30. The molecule has 1 heterocycles. The first-order valence-electron chi connectivity index (χ1n) is 8.15. The van der Waals surface area contributed by atoms with Crippen LogP contribution in [-0.2, 0) is 11.2 Å². The standard InChI is InChI=1S/C20H18N2O2S/c1-20(18(24)22-19-21-9-10-25-19)12-14-7-8-15(23)11-16(14)17(20)13-5-3-2-4-6-13/h2-11,17,23H,12H2,1H3,(H,21,22,24)/t17-,20+/m0/s1. The molecule has 25 heavy (non-hydrogen) atoms. The van der Waals surface area contributed by atoms with Gasteiger partial charge in [-0.05, 0) is 42.2 Å². The number of aromatic nitrogens is 1. The first-order chi connectivity index (χ1) is 12.1. The van der Waals surface area contributed by atoms with Crippen molar-refractivity contribution in [3.05, 3.63) is 76.8 Å².